The monoisotopic (exact) mass is 501 g/mol. The third-order valence-corrected chi connectivity index (χ3v) is 6.26. The van der Waals surface area contributed by atoms with E-state index in [0.29, 0.717) is 16.5 Å². The van der Waals surface area contributed by atoms with Gasteiger partial charge in [0.05, 0.1) is 23.3 Å². The van der Waals surface area contributed by atoms with Crippen molar-refractivity contribution in [2.45, 2.75) is 11.8 Å². The number of halogens is 2. The van der Waals surface area contributed by atoms with Crippen molar-refractivity contribution in [2.24, 2.45) is 0 Å². The SMILES string of the molecule is COc1ncc(Cl)cc1S(=O)(=O)Nc1cccc(-c2ccc3nc(NC(C)=O)ncc3c2)c1F. The molecule has 0 fully saturated rings. The minimum absolute atomic E-state index is 0.0791. The fraction of sp³-hybridized carbons (Fsp3) is 0.0909. The Morgan fingerprint density at radius 3 is 2.65 bits per heavy atom. The summed E-state index contributed by atoms with van der Waals surface area (Å²) >= 11 is 5.89. The van der Waals surface area contributed by atoms with Gasteiger partial charge in [-0.25, -0.2) is 27.8 Å². The quantitative estimate of drug-likeness (QED) is 0.404. The number of aromatic nitrogens is 3. The van der Waals surface area contributed by atoms with E-state index in [1.807, 2.05) is 0 Å². The number of benzene rings is 2. The first kappa shape index (κ1) is 23.3. The highest BCUT2D eigenvalue weighted by atomic mass is 35.5. The number of carbonyl (C=O) groups excluding carboxylic acids is 1. The predicted octanol–water partition coefficient (Wildman–Crippen LogP) is 4.25. The molecule has 0 aliphatic rings. The molecule has 9 nitrogen and oxygen atoms in total. The van der Waals surface area contributed by atoms with Crippen LogP contribution < -0.4 is 14.8 Å². The molecule has 0 aliphatic carbocycles. The first-order chi connectivity index (χ1) is 16.2. The smallest absolute Gasteiger partial charge is 0.267 e. The molecule has 0 saturated heterocycles. The van der Waals surface area contributed by atoms with Gasteiger partial charge in [0.25, 0.3) is 10.0 Å². The number of hydrogen-bond donors (Lipinski definition) is 2. The van der Waals surface area contributed by atoms with E-state index < -0.39 is 15.8 Å². The fourth-order valence-corrected chi connectivity index (χ4v) is 4.63. The lowest BCUT2D eigenvalue weighted by Crippen LogP contribution is -2.16. The third kappa shape index (κ3) is 4.75. The third-order valence-electron chi connectivity index (χ3n) is 4.69. The number of amides is 1. The van der Waals surface area contributed by atoms with Crippen molar-refractivity contribution in [3.05, 3.63) is 65.7 Å². The highest BCUT2D eigenvalue weighted by molar-refractivity contribution is 7.92. The second kappa shape index (κ2) is 9.20. The highest BCUT2D eigenvalue weighted by Gasteiger charge is 2.23. The van der Waals surface area contributed by atoms with Gasteiger partial charge in [-0.3, -0.25) is 14.8 Å². The maximum Gasteiger partial charge on any atom is 0.267 e. The van der Waals surface area contributed by atoms with Crippen molar-refractivity contribution in [1.29, 1.82) is 0 Å². The van der Waals surface area contributed by atoms with Gasteiger partial charge < -0.3 is 4.74 Å². The number of fused-ring (bicyclic) bond motifs is 1. The molecule has 0 aliphatic heterocycles. The van der Waals surface area contributed by atoms with Crippen molar-refractivity contribution < 1.29 is 22.3 Å². The first-order valence-electron chi connectivity index (χ1n) is 9.73. The number of pyridine rings is 1. The molecule has 0 spiro atoms. The average molecular weight is 502 g/mol. The van der Waals surface area contributed by atoms with E-state index in [9.17, 15) is 13.2 Å². The van der Waals surface area contributed by atoms with E-state index in [1.165, 1.54) is 44.6 Å². The van der Waals surface area contributed by atoms with E-state index in [4.69, 9.17) is 16.3 Å². The van der Waals surface area contributed by atoms with Crippen molar-refractivity contribution in [3.8, 4) is 17.0 Å². The molecule has 0 bridgehead atoms. The summed E-state index contributed by atoms with van der Waals surface area (Å²) in [6.07, 6.45) is 2.74. The van der Waals surface area contributed by atoms with Crippen LogP contribution in [0.1, 0.15) is 6.92 Å². The number of anilines is 2. The normalized spacial score (nSPS) is 11.3. The van der Waals surface area contributed by atoms with Crippen LogP contribution in [0.2, 0.25) is 5.02 Å². The summed E-state index contributed by atoms with van der Waals surface area (Å²) in [4.78, 5) is 23.0. The lowest BCUT2D eigenvalue weighted by Gasteiger charge is -2.13. The average Bonchev–Trinajstić information content (AvgIpc) is 2.79. The maximum absolute atomic E-state index is 15.4. The molecule has 2 heterocycles. The Balaban J connectivity index is 1.70. The highest BCUT2D eigenvalue weighted by Crippen LogP contribution is 2.32. The van der Waals surface area contributed by atoms with Crippen LogP contribution in [0.3, 0.4) is 0 Å². The Morgan fingerprint density at radius 2 is 1.91 bits per heavy atom. The summed E-state index contributed by atoms with van der Waals surface area (Å²) in [6.45, 7) is 1.35. The Labute approximate surface area is 199 Å². The van der Waals surface area contributed by atoms with Gasteiger partial charge in [0.1, 0.15) is 0 Å². The number of rotatable bonds is 6. The lowest BCUT2D eigenvalue weighted by atomic mass is 10.0. The van der Waals surface area contributed by atoms with E-state index >= 15 is 4.39 Å². The number of nitrogens with one attached hydrogen (secondary N) is 2. The maximum atomic E-state index is 15.4. The van der Waals surface area contributed by atoms with Gasteiger partial charge in [-0.2, -0.15) is 0 Å². The number of ether oxygens (including phenoxy) is 1. The van der Waals surface area contributed by atoms with Gasteiger partial charge in [-0.05, 0) is 29.8 Å². The van der Waals surface area contributed by atoms with Crippen LogP contribution in [0.5, 0.6) is 5.88 Å². The molecule has 34 heavy (non-hydrogen) atoms. The Bertz CT molecular complexity index is 1530. The molecule has 2 aromatic carbocycles. The van der Waals surface area contributed by atoms with Crippen molar-refractivity contribution >= 4 is 50.1 Å². The summed E-state index contributed by atoms with van der Waals surface area (Å²) in [5.41, 5.74) is 0.908. The lowest BCUT2D eigenvalue weighted by molar-refractivity contribution is -0.114. The Hall–Kier alpha value is -3.83. The minimum atomic E-state index is -4.27. The molecule has 0 atom stereocenters. The fourth-order valence-electron chi connectivity index (χ4n) is 3.21. The van der Waals surface area contributed by atoms with E-state index in [-0.39, 0.29) is 38.9 Å². The van der Waals surface area contributed by atoms with E-state index in [1.54, 1.807) is 18.2 Å². The van der Waals surface area contributed by atoms with Crippen molar-refractivity contribution in [2.75, 3.05) is 17.1 Å². The van der Waals surface area contributed by atoms with Gasteiger partial charge in [-0.1, -0.05) is 29.8 Å². The number of methoxy groups -OCH3 is 1. The summed E-state index contributed by atoms with van der Waals surface area (Å²) < 4.78 is 48.5. The number of nitrogens with zero attached hydrogens (tertiary/aromatic N) is 3. The van der Waals surface area contributed by atoms with Gasteiger partial charge in [0.15, 0.2) is 10.7 Å². The van der Waals surface area contributed by atoms with Crippen LogP contribution in [-0.2, 0) is 14.8 Å². The molecule has 2 aromatic heterocycles. The predicted molar refractivity (Wildman–Crippen MR) is 126 cm³/mol. The molecule has 4 rings (SSSR count). The van der Waals surface area contributed by atoms with Crippen LogP contribution in [0.4, 0.5) is 16.0 Å². The summed E-state index contributed by atoms with van der Waals surface area (Å²) in [7, 11) is -3.00. The molecule has 12 heteroatoms. The van der Waals surface area contributed by atoms with Gasteiger partial charge in [-0.15, -0.1) is 0 Å². The van der Waals surface area contributed by atoms with E-state index in [2.05, 4.69) is 25.0 Å². The van der Waals surface area contributed by atoms with Crippen LogP contribution in [0, 0.1) is 5.82 Å². The van der Waals surface area contributed by atoms with Crippen molar-refractivity contribution in [1.82, 2.24) is 15.0 Å². The molecular formula is C22H17ClFN5O4S. The van der Waals surface area contributed by atoms with Gasteiger partial charge in [0, 0.05) is 30.3 Å². The van der Waals surface area contributed by atoms with Crippen LogP contribution >= 0.6 is 11.6 Å². The summed E-state index contributed by atoms with van der Waals surface area (Å²) in [5.74, 6) is -1.11. The molecule has 4 aromatic rings. The molecule has 0 unspecified atom stereocenters. The second-order valence-electron chi connectivity index (χ2n) is 7.08. The molecule has 0 saturated carbocycles. The number of carbonyl (C=O) groups is 1. The zero-order valence-corrected chi connectivity index (χ0v) is 19.4. The van der Waals surface area contributed by atoms with Crippen LogP contribution in [-0.4, -0.2) is 36.4 Å². The first-order valence-corrected chi connectivity index (χ1v) is 11.6. The molecule has 174 valence electrons. The Morgan fingerprint density at radius 1 is 1.12 bits per heavy atom. The molecule has 0 radical (unpaired) electrons. The largest absolute Gasteiger partial charge is 0.480 e. The standard InChI is InChI=1S/C22H17ClFN5O4S/c1-12(30)27-22-26-10-14-8-13(6-7-17(14)28-22)16-4-3-5-18(20(16)24)29-34(31,32)19-9-15(23)11-25-21(19)33-2/h3-11,29H,1-2H3,(H,26,27,28,30). The second-order valence-corrected chi connectivity index (χ2v) is 9.17. The summed E-state index contributed by atoms with van der Waals surface area (Å²) in [5, 5.41) is 3.18. The topological polar surface area (TPSA) is 123 Å². The molecular weight excluding hydrogens is 485 g/mol. The van der Waals surface area contributed by atoms with Gasteiger partial charge in [0.2, 0.25) is 17.7 Å². The van der Waals surface area contributed by atoms with Crippen molar-refractivity contribution in [3.63, 3.8) is 0 Å². The van der Waals surface area contributed by atoms with Crippen LogP contribution in [0.25, 0.3) is 22.0 Å². The number of sulfonamides is 1. The number of hydrogen-bond acceptors (Lipinski definition) is 7. The van der Waals surface area contributed by atoms with E-state index in [0.717, 1.165) is 6.07 Å². The minimum Gasteiger partial charge on any atom is -0.480 e. The zero-order chi connectivity index (χ0) is 24.5. The molecule has 1 amide bonds. The van der Waals surface area contributed by atoms with Crippen LogP contribution in [0.15, 0.2) is 59.8 Å². The zero-order valence-electron chi connectivity index (χ0n) is 17.8. The van der Waals surface area contributed by atoms with Gasteiger partial charge >= 0.3 is 0 Å². The Kier molecular flexibility index (Phi) is 6.31. The molecule has 2 N–H and O–H groups in total. The summed E-state index contributed by atoms with van der Waals surface area (Å²) in [6, 6.07) is 10.4.